The summed E-state index contributed by atoms with van der Waals surface area (Å²) < 4.78 is 4.72. The van der Waals surface area contributed by atoms with Crippen LogP contribution in [-0.4, -0.2) is 53.0 Å². The lowest BCUT2D eigenvalue weighted by molar-refractivity contribution is -0.140. The normalized spacial score (nSPS) is 14.6. The molecule has 6 heteroatoms. The van der Waals surface area contributed by atoms with Gasteiger partial charge in [0.25, 0.3) is 0 Å². The third kappa shape index (κ3) is 13.6. The predicted octanol–water partition coefficient (Wildman–Crippen LogP) is 5.45. The SMILES string of the molecule is CCCCC/C=C\CC(O)/C=C/c1cccc(C(SCCC(=O)OC)C(O)CCCCO)c1. The van der Waals surface area contributed by atoms with Crippen LogP contribution in [0.3, 0.4) is 0 Å². The number of unbranched alkanes of at least 4 members (excludes halogenated alkanes) is 4. The number of ether oxygens (including phenoxy) is 1. The first-order valence-corrected chi connectivity index (χ1v) is 13.1. The number of esters is 1. The maximum atomic E-state index is 11.5. The van der Waals surface area contributed by atoms with Crippen LogP contribution in [0.2, 0.25) is 0 Å². The van der Waals surface area contributed by atoms with Crippen LogP contribution in [0.5, 0.6) is 0 Å². The van der Waals surface area contributed by atoms with Gasteiger partial charge < -0.3 is 20.1 Å². The molecule has 0 aliphatic heterocycles. The van der Waals surface area contributed by atoms with E-state index in [0.29, 0.717) is 31.4 Å². The van der Waals surface area contributed by atoms with Gasteiger partial charge in [0.2, 0.25) is 0 Å². The van der Waals surface area contributed by atoms with Crippen LogP contribution in [-0.2, 0) is 9.53 Å². The number of methoxy groups -OCH3 is 1. The van der Waals surface area contributed by atoms with Gasteiger partial charge in [-0.25, -0.2) is 0 Å². The van der Waals surface area contributed by atoms with Gasteiger partial charge in [0.1, 0.15) is 0 Å². The van der Waals surface area contributed by atoms with E-state index in [4.69, 9.17) is 9.84 Å². The van der Waals surface area contributed by atoms with Crippen LogP contribution in [0.1, 0.15) is 81.1 Å². The minimum absolute atomic E-state index is 0.114. The minimum atomic E-state index is -0.582. The van der Waals surface area contributed by atoms with Crippen LogP contribution >= 0.6 is 11.8 Å². The lowest BCUT2D eigenvalue weighted by Gasteiger charge is -2.23. The Kier molecular flexibility index (Phi) is 16.8. The highest BCUT2D eigenvalue weighted by atomic mass is 32.2. The van der Waals surface area contributed by atoms with Crippen LogP contribution in [0.15, 0.2) is 42.5 Å². The molecule has 0 amide bonds. The number of hydrogen-bond acceptors (Lipinski definition) is 6. The number of hydrogen-bond donors (Lipinski definition) is 3. The molecule has 0 spiro atoms. The Hall–Kier alpha value is -1.60. The lowest BCUT2D eigenvalue weighted by atomic mass is 10.0. The maximum Gasteiger partial charge on any atom is 0.306 e. The number of allylic oxidation sites excluding steroid dienone is 1. The van der Waals surface area contributed by atoms with Crippen molar-refractivity contribution < 1.29 is 24.9 Å². The molecule has 0 saturated heterocycles. The molecule has 3 N–H and O–H groups in total. The molecule has 0 bridgehead atoms. The third-order valence-electron chi connectivity index (χ3n) is 5.36. The van der Waals surface area contributed by atoms with Crippen molar-refractivity contribution >= 4 is 23.8 Å². The minimum Gasteiger partial charge on any atom is -0.469 e. The largest absolute Gasteiger partial charge is 0.469 e. The van der Waals surface area contributed by atoms with Crippen molar-refractivity contribution in [3.05, 3.63) is 53.6 Å². The van der Waals surface area contributed by atoms with Crippen molar-refractivity contribution in [2.24, 2.45) is 0 Å². The predicted molar refractivity (Wildman–Crippen MR) is 138 cm³/mol. The number of thioether (sulfide) groups is 1. The van der Waals surface area contributed by atoms with E-state index >= 15 is 0 Å². The molecule has 0 fully saturated rings. The first kappa shape index (κ1) is 29.4. The molecule has 3 unspecified atom stereocenters. The molecule has 33 heavy (non-hydrogen) atoms. The Morgan fingerprint density at radius 2 is 1.97 bits per heavy atom. The molecule has 0 radical (unpaired) electrons. The zero-order valence-corrected chi connectivity index (χ0v) is 21.0. The Morgan fingerprint density at radius 3 is 2.70 bits per heavy atom. The van der Waals surface area contributed by atoms with E-state index in [-0.39, 0.29) is 17.8 Å². The zero-order valence-electron chi connectivity index (χ0n) is 20.2. The quantitative estimate of drug-likeness (QED) is 0.148. The van der Waals surface area contributed by atoms with E-state index in [1.54, 1.807) is 17.8 Å². The van der Waals surface area contributed by atoms with Gasteiger partial charge in [-0.3, -0.25) is 4.79 Å². The molecule has 3 atom stereocenters. The van der Waals surface area contributed by atoms with Crippen molar-refractivity contribution in [2.45, 2.75) is 82.2 Å². The summed E-state index contributed by atoms with van der Waals surface area (Å²) in [6.07, 6.45) is 14.3. The van der Waals surface area contributed by atoms with Crippen molar-refractivity contribution in [1.29, 1.82) is 0 Å². The Balaban J connectivity index is 2.76. The van der Waals surface area contributed by atoms with Crippen molar-refractivity contribution in [3.8, 4) is 0 Å². The number of rotatable bonds is 18. The Morgan fingerprint density at radius 1 is 1.15 bits per heavy atom. The number of carbonyl (C=O) groups excluding carboxylic acids is 1. The number of carbonyl (C=O) groups is 1. The third-order valence-corrected chi connectivity index (χ3v) is 6.74. The van der Waals surface area contributed by atoms with Crippen molar-refractivity contribution in [3.63, 3.8) is 0 Å². The second kappa shape index (κ2) is 18.8. The summed E-state index contributed by atoms with van der Waals surface area (Å²) in [5, 5.41) is 29.9. The molecule has 0 saturated carbocycles. The molecule has 0 aliphatic carbocycles. The monoisotopic (exact) mass is 478 g/mol. The van der Waals surface area contributed by atoms with Gasteiger partial charge in [0.15, 0.2) is 0 Å². The number of aliphatic hydroxyl groups is 3. The van der Waals surface area contributed by atoms with Crippen LogP contribution in [0.4, 0.5) is 0 Å². The first-order chi connectivity index (χ1) is 16.0. The molecule has 1 aromatic rings. The van der Waals surface area contributed by atoms with Crippen LogP contribution < -0.4 is 0 Å². The second-order valence-corrected chi connectivity index (χ2v) is 9.45. The van der Waals surface area contributed by atoms with Crippen LogP contribution in [0, 0.1) is 0 Å². The molecular formula is C27H42O5S. The molecule has 1 rings (SSSR count). The lowest BCUT2D eigenvalue weighted by Crippen LogP contribution is -2.17. The number of benzene rings is 1. The summed E-state index contributed by atoms with van der Waals surface area (Å²) in [6.45, 7) is 2.30. The topological polar surface area (TPSA) is 87.0 Å². The highest BCUT2D eigenvalue weighted by Crippen LogP contribution is 2.35. The summed E-state index contributed by atoms with van der Waals surface area (Å²) >= 11 is 1.54. The Bertz CT molecular complexity index is 704. The van der Waals surface area contributed by atoms with Gasteiger partial charge in [-0.05, 0) is 49.7 Å². The fraction of sp³-hybridized carbons (Fsp3) is 0.593. The van der Waals surface area contributed by atoms with E-state index in [1.165, 1.54) is 26.4 Å². The molecule has 1 aromatic carbocycles. The highest BCUT2D eigenvalue weighted by Gasteiger charge is 2.22. The second-order valence-electron chi connectivity index (χ2n) is 8.20. The summed E-state index contributed by atoms with van der Waals surface area (Å²) in [4.78, 5) is 11.5. The van der Waals surface area contributed by atoms with Crippen molar-refractivity contribution in [2.75, 3.05) is 19.5 Å². The summed E-state index contributed by atoms with van der Waals surface area (Å²) in [5.74, 6) is 0.290. The zero-order chi connectivity index (χ0) is 24.3. The molecule has 5 nitrogen and oxygen atoms in total. The van der Waals surface area contributed by atoms with Gasteiger partial charge in [0, 0.05) is 12.4 Å². The van der Waals surface area contributed by atoms with Gasteiger partial charge in [-0.1, -0.05) is 68.3 Å². The number of aliphatic hydroxyl groups excluding tert-OH is 3. The molecule has 0 aromatic heterocycles. The average molecular weight is 479 g/mol. The Labute approximate surface area is 203 Å². The summed E-state index contributed by atoms with van der Waals surface area (Å²) in [5.41, 5.74) is 1.94. The molecule has 0 heterocycles. The van der Waals surface area contributed by atoms with Crippen LogP contribution in [0.25, 0.3) is 6.08 Å². The smallest absolute Gasteiger partial charge is 0.306 e. The summed E-state index contributed by atoms with van der Waals surface area (Å²) in [7, 11) is 1.38. The standard InChI is InChI=1S/C27H42O5S/c1-3-4-5-6-7-8-14-24(29)17-16-22-12-11-13-23(21-22)27(25(30)15-9-10-19-28)33-20-18-26(31)32-2/h7-8,11-13,16-17,21,24-25,27-30H,3-6,9-10,14-15,18-20H2,1-2H3/b8-7-,17-16+. The molecule has 186 valence electrons. The van der Waals surface area contributed by atoms with E-state index in [9.17, 15) is 15.0 Å². The fourth-order valence-corrected chi connectivity index (χ4v) is 4.66. The van der Waals surface area contributed by atoms with E-state index in [1.807, 2.05) is 36.4 Å². The van der Waals surface area contributed by atoms with Gasteiger partial charge in [0.05, 0.1) is 31.0 Å². The van der Waals surface area contributed by atoms with Gasteiger partial charge >= 0.3 is 5.97 Å². The fourth-order valence-electron chi connectivity index (χ4n) is 3.42. The van der Waals surface area contributed by atoms with E-state index in [0.717, 1.165) is 24.0 Å². The summed E-state index contributed by atoms with van der Waals surface area (Å²) in [6, 6.07) is 7.93. The maximum absolute atomic E-state index is 11.5. The van der Waals surface area contributed by atoms with E-state index < -0.39 is 12.2 Å². The van der Waals surface area contributed by atoms with E-state index in [2.05, 4.69) is 13.0 Å². The van der Waals surface area contributed by atoms with Gasteiger partial charge in [-0.15, -0.1) is 0 Å². The highest BCUT2D eigenvalue weighted by molar-refractivity contribution is 7.99. The molecular weight excluding hydrogens is 436 g/mol. The molecule has 0 aliphatic rings. The van der Waals surface area contributed by atoms with Gasteiger partial charge in [-0.2, -0.15) is 11.8 Å². The van der Waals surface area contributed by atoms with Crippen molar-refractivity contribution in [1.82, 2.24) is 0 Å². The average Bonchev–Trinajstić information content (AvgIpc) is 2.82. The first-order valence-electron chi connectivity index (χ1n) is 12.1.